The summed E-state index contributed by atoms with van der Waals surface area (Å²) in [7, 11) is 4.22. The van der Waals surface area contributed by atoms with Gasteiger partial charge in [0, 0.05) is 52.4 Å². The van der Waals surface area contributed by atoms with Gasteiger partial charge in [0.1, 0.15) is 17.5 Å². The van der Waals surface area contributed by atoms with Crippen LogP contribution in [0.3, 0.4) is 0 Å². The molecule has 27 heavy (non-hydrogen) atoms. The van der Waals surface area contributed by atoms with Gasteiger partial charge in [0.15, 0.2) is 0 Å². The summed E-state index contributed by atoms with van der Waals surface area (Å²) in [5.41, 5.74) is 1.28. The molecule has 2 fully saturated rings. The van der Waals surface area contributed by atoms with Crippen LogP contribution in [0.25, 0.3) is 0 Å². The Balaban J connectivity index is 1.41. The average molecular weight is 374 g/mol. The molecular formula is C19H31N7O. The molecule has 2 aromatic rings. The number of likely N-dealkylation sites (tertiary alicyclic amines) is 1. The Hall–Kier alpha value is -1.77. The second-order valence-corrected chi connectivity index (χ2v) is 7.85. The van der Waals surface area contributed by atoms with Crippen molar-refractivity contribution in [3.8, 4) is 0 Å². The molecule has 0 spiro atoms. The number of aromatic nitrogens is 5. The lowest BCUT2D eigenvalue weighted by Gasteiger charge is -2.32. The van der Waals surface area contributed by atoms with Crippen LogP contribution in [0, 0.1) is 6.92 Å². The van der Waals surface area contributed by atoms with Crippen molar-refractivity contribution in [2.45, 2.75) is 38.8 Å². The lowest BCUT2D eigenvalue weighted by Crippen LogP contribution is -2.37. The molecule has 2 aromatic heterocycles. The minimum Gasteiger partial charge on any atom is -0.379 e. The van der Waals surface area contributed by atoms with E-state index in [-0.39, 0.29) is 0 Å². The fraction of sp³-hybridized carbons (Fsp3) is 0.737. The summed E-state index contributed by atoms with van der Waals surface area (Å²) in [5, 5.41) is 9.09. The van der Waals surface area contributed by atoms with Crippen LogP contribution in [0.15, 0.2) is 6.20 Å². The highest BCUT2D eigenvalue weighted by Gasteiger charge is 2.27. The van der Waals surface area contributed by atoms with Crippen molar-refractivity contribution in [3.63, 3.8) is 0 Å². The summed E-state index contributed by atoms with van der Waals surface area (Å²) in [5.74, 6) is 3.71. The monoisotopic (exact) mass is 373 g/mol. The van der Waals surface area contributed by atoms with Crippen LogP contribution < -0.4 is 0 Å². The molecule has 0 N–H and O–H groups in total. The Morgan fingerprint density at radius 2 is 1.85 bits per heavy atom. The normalized spacial score (nSPS) is 22.4. The van der Waals surface area contributed by atoms with Crippen LogP contribution in [0.1, 0.15) is 41.9 Å². The van der Waals surface area contributed by atoms with Gasteiger partial charge >= 0.3 is 0 Å². The Labute approximate surface area is 161 Å². The van der Waals surface area contributed by atoms with Gasteiger partial charge in [0.05, 0.1) is 25.5 Å². The number of ether oxygens (including phenoxy) is 1. The standard InChI is InChI=1S/C19H31N7O/c1-15-20-11-17(23(15)2)13-26-6-4-5-16(12-26)19-22-21-18(24(19)3)14-25-7-9-27-10-8-25/h11,16H,4-10,12-14H2,1-3H3. The molecule has 2 aliphatic heterocycles. The van der Waals surface area contributed by atoms with Crippen molar-refractivity contribution in [1.29, 1.82) is 0 Å². The van der Waals surface area contributed by atoms with E-state index >= 15 is 0 Å². The van der Waals surface area contributed by atoms with Gasteiger partial charge < -0.3 is 13.9 Å². The molecule has 4 heterocycles. The number of rotatable bonds is 5. The molecule has 0 aliphatic carbocycles. The third-order valence-electron chi connectivity index (χ3n) is 6.04. The Morgan fingerprint density at radius 3 is 2.59 bits per heavy atom. The van der Waals surface area contributed by atoms with Crippen LogP contribution >= 0.6 is 0 Å². The summed E-state index contributed by atoms with van der Waals surface area (Å²) >= 11 is 0. The fourth-order valence-electron chi connectivity index (χ4n) is 4.16. The lowest BCUT2D eigenvalue weighted by atomic mass is 9.97. The number of aryl methyl sites for hydroxylation is 1. The molecule has 0 radical (unpaired) electrons. The maximum atomic E-state index is 5.44. The predicted molar refractivity (Wildman–Crippen MR) is 102 cm³/mol. The van der Waals surface area contributed by atoms with Crippen LogP contribution in [0.2, 0.25) is 0 Å². The van der Waals surface area contributed by atoms with Crippen molar-refractivity contribution in [2.24, 2.45) is 14.1 Å². The van der Waals surface area contributed by atoms with E-state index in [0.717, 1.165) is 70.0 Å². The summed E-state index contributed by atoms with van der Waals surface area (Å²) in [6.45, 7) is 9.62. The zero-order valence-corrected chi connectivity index (χ0v) is 16.8. The molecule has 148 valence electrons. The van der Waals surface area contributed by atoms with Gasteiger partial charge in [-0.15, -0.1) is 10.2 Å². The number of piperidine rings is 1. The zero-order valence-electron chi connectivity index (χ0n) is 16.8. The Morgan fingerprint density at radius 1 is 1.04 bits per heavy atom. The van der Waals surface area contributed by atoms with E-state index in [9.17, 15) is 0 Å². The molecule has 8 heteroatoms. The lowest BCUT2D eigenvalue weighted by molar-refractivity contribution is 0.0326. The fourth-order valence-corrected chi connectivity index (χ4v) is 4.16. The minimum atomic E-state index is 0.448. The molecule has 0 saturated carbocycles. The van der Waals surface area contributed by atoms with Crippen molar-refractivity contribution in [2.75, 3.05) is 39.4 Å². The zero-order chi connectivity index (χ0) is 18.8. The summed E-state index contributed by atoms with van der Waals surface area (Å²) in [6, 6.07) is 0. The number of morpholine rings is 1. The van der Waals surface area contributed by atoms with Gasteiger partial charge in [0.2, 0.25) is 0 Å². The third-order valence-corrected chi connectivity index (χ3v) is 6.04. The number of imidazole rings is 1. The molecular weight excluding hydrogens is 342 g/mol. The van der Waals surface area contributed by atoms with Gasteiger partial charge in [-0.2, -0.15) is 0 Å². The first-order chi connectivity index (χ1) is 13.1. The number of hydrogen-bond donors (Lipinski definition) is 0. The molecule has 0 bridgehead atoms. The van der Waals surface area contributed by atoms with E-state index in [2.05, 4.69) is 55.1 Å². The van der Waals surface area contributed by atoms with Crippen LogP contribution in [-0.2, 0) is 31.9 Å². The second-order valence-electron chi connectivity index (χ2n) is 7.85. The summed E-state index contributed by atoms with van der Waals surface area (Å²) in [4.78, 5) is 9.35. The van der Waals surface area contributed by atoms with Crippen LogP contribution in [0.4, 0.5) is 0 Å². The summed E-state index contributed by atoms with van der Waals surface area (Å²) < 4.78 is 9.85. The first-order valence-corrected chi connectivity index (χ1v) is 9.99. The Kier molecular flexibility index (Phi) is 5.56. The largest absolute Gasteiger partial charge is 0.379 e. The van der Waals surface area contributed by atoms with E-state index in [4.69, 9.17) is 4.74 Å². The van der Waals surface area contributed by atoms with Gasteiger partial charge in [0.25, 0.3) is 0 Å². The van der Waals surface area contributed by atoms with E-state index in [0.29, 0.717) is 5.92 Å². The van der Waals surface area contributed by atoms with Crippen molar-refractivity contribution in [3.05, 3.63) is 29.4 Å². The van der Waals surface area contributed by atoms with Crippen molar-refractivity contribution >= 4 is 0 Å². The van der Waals surface area contributed by atoms with E-state index in [1.54, 1.807) is 0 Å². The first-order valence-electron chi connectivity index (χ1n) is 9.99. The highest BCUT2D eigenvalue weighted by Crippen LogP contribution is 2.27. The second kappa shape index (κ2) is 8.08. The highest BCUT2D eigenvalue weighted by molar-refractivity contribution is 5.07. The average Bonchev–Trinajstić information content (AvgIpc) is 3.20. The first kappa shape index (κ1) is 18.6. The van der Waals surface area contributed by atoms with E-state index < -0.39 is 0 Å². The maximum absolute atomic E-state index is 5.44. The Bertz CT molecular complexity index is 762. The van der Waals surface area contributed by atoms with Crippen molar-refractivity contribution < 1.29 is 4.74 Å². The molecule has 0 aromatic carbocycles. The van der Waals surface area contributed by atoms with Gasteiger partial charge in [-0.25, -0.2) is 4.98 Å². The number of nitrogens with zero attached hydrogens (tertiary/aromatic N) is 7. The molecule has 2 saturated heterocycles. The molecule has 0 amide bonds. The maximum Gasteiger partial charge on any atom is 0.146 e. The quantitative estimate of drug-likeness (QED) is 0.781. The summed E-state index contributed by atoms with van der Waals surface area (Å²) in [6.07, 6.45) is 4.39. The SMILES string of the molecule is Cc1ncc(CN2CCCC(c3nnc(CN4CCOCC4)n3C)C2)n1C. The molecule has 1 unspecified atom stereocenters. The van der Waals surface area contributed by atoms with Crippen molar-refractivity contribution in [1.82, 2.24) is 34.1 Å². The van der Waals surface area contributed by atoms with Crippen LogP contribution in [-0.4, -0.2) is 73.5 Å². The van der Waals surface area contributed by atoms with Gasteiger partial charge in [-0.1, -0.05) is 0 Å². The smallest absolute Gasteiger partial charge is 0.146 e. The van der Waals surface area contributed by atoms with Crippen LogP contribution in [0.5, 0.6) is 0 Å². The van der Waals surface area contributed by atoms with Gasteiger partial charge in [-0.05, 0) is 26.3 Å². The molecule has 1 atom stereocenters. The van der Waals surface area contributed by atoms with Gasteiger partial charge in [-0.3, -0.25) is 9.80 Å². The van der Waals surface area contributed by atoms with E-state index in [1.165, 1.54) is 18.5 Å². The molecule has 4 rings (SSSR count). The topological polar surface area (TPSA) is 64.2 Å². The highest BCUT2D eigenvalue weighted by atomic mass is 16.5. The third kappa shape index (κ3) is 4.07. The number of hydrogen-bond acceptors (Lipinski definition) is 6. The minimum absolute atomic E-state index is 0.448. The van der Waals surface area contributed by atoms with E-state index in [1.807, 2.05) is 6.20 Å². The molecule has 8 nitrogen and oxygen atoms in total. The molecule has 2 aliphatic rings. The predicted octanol–water partition coefficient (Wildman–Crippen LogP) is 1.07.